The summed E-state index contributed by atoms with van der Waals surface area (Å²) < 4.78 is 24.9. The second-order valence-corrected chi connectivity index (χ2v) is 19.5. The molecule has 4 unspecified atom stereocenters. The summed E-state index contributed by atoms with van der Waals surface area (Å²) in [5, 5.41) is 58.9. The lowest BCUT2D eigenvalue weighted by Gasteiger charge is -2.65. The Morgan fingerprint density at radius 2 is 1.66 bits per heavy atom. The fourth-order valence-corrected chi connectivity index (χ4v) is 14.4. The number of nitrogens with one attached hydrogen (secondary N) is 1. The van der Waals surface area contributed by atoms with E-state index in [-0.39, 0.29) is 52.1 Å². The first kappa shape index (κ1) is 37.4. The van der Waals surface area contributed by atoms with Crippen molar-refractivity contribution < 1.29 is 49.3 Å². The lowest BCUT2D eigenvalue weighted by Crippen LogP contribution is -2.67. The van der Waals surface area contributed by atoms with Crippen LogP contribution in [-0.2, 0) is 23.7 Å². The number of likely N-dealkylation sites (N-methyl/N-ethyl adjacent to an activating group) is 1. The van der Waals surface area contributed by atoms with Crippen LogP contribution < -0.4 is 5.32 Å². The standard InChI is InChI=1S/C39H65NO10/c1-20-16-23(30(34(5,6)45)48-21(2)41)49-31-27(20)35(7)14-15-38-18-37(38)13-12-26(50-32-29(44)28(43)22(42)17-47-32)33(3,4)24(37)10-11-25(38)36(35,8)39(31,46)19-40-9/h20,22-32,40,42-46H,10-19H2,1-9H3/t20-,22-,23-,24+,25+,26+,27?,28+,29-,30+,31?,32?,35-,36+,37-,38+,39?/m1/s1. The van der Waals surface area contributed by atoms with Gasteiger partial charge in [0.1, 0.15) is 23.9 Å². The summed E-state index contributed by atoms with van der Waals surface area (Å²) in [7, 11) is 1.90. The maximum absolute atomic E-state index is 13.4. The average Bonchev–Trinajstić information content (AvgIpc) is 3.66. The van der Waals surface area contributed by atoms with Gasteiger partial charge in [-0.3, -0.25) is 4.79 Å². The first-order valence-corrected chi connectivity index (χ1v) is 19.4. The molecule has 5 aliphatic carbocycles. The molecule has 0 aromatic rings. The second-order valence-electron chi connectivity index (χ2n) is 19.5. The highest BCUT2D eigenvalue weighted by Gasteiger charge is 2.87. The van der Waals surface area contributed by atoms with Crippen LogP contribution in [0.15, 0.2) is 0 Å². The Morgan fingerprint density at radius 3 is 2.30 bits per heavy atom. The van der Waals surface area contributed by atoms with Gasteiger partial charge in [-0.15, -0.1) is 0 Å². The topological polar surface area (TPSA) is 167 Å². The van der Waals surface area contributed by atoms with Gasteiger partial charge in [0.2, 0.25) is 0 Å². The van der Waals surface area contributed by atoms with Gasteiger partial charge in [-0.1, -0.05) is 34.6 Å². The van der Waals surface area contributed by atoms with E-state index in [9.17, 15) is 30.3 Å². The number of carbonyl (C=O) groups is 1. The molecule has 11 heteroatoms. The molecular formula is C39H65NO10. The van der Waals surface area contributed by atoms with Gasteiger partial charge in [-0.05, 0) is 118 Å². The number of hydrogen-bond donors (Lipinski definition) is 6. The Labute approximate surface area is 298 Å². The van der Waals surface area contributed by atoms with E-state index in [0.29, 0.717) is 18.9 Å². The molecule has 50 heavy (non-hydrogen) atoms. The molecule has 286 valence electrons. The molecule has 7 fully saturated rings. The highest BCUT2D eigenvalue weighted by atomic mass is 16.7. The average molecular weight is 708 g/mol. The molecule has 0 bridgehead atoms. The van der Waals surface area contributed by atoms with E-state index in [2.05, 4.69) is 39.9 Å². The summed E-state index contributed by atoms with van der Waals surface area (Å²) in [6, 6.07) is 0. The maximum Gasteiger partial charge on any atom is 0.303 e. The maximum atomic E-state index is 13.4. The van der Waals surface area contributed by atoms with E-state index in [4.69, 9.17) is 18.9 Å². The summed E-state index contributed by atoms with van der Waals surface area (Å²) in [6.07, 6.45) is 0.941. The van der Waals surface area contributed by atoms with Gasteiger partial charge >= 0.3 is 5.97 Å². The van der Waals surface area contributed by atoms with Gasteiger partial charge in [-0.2, -0.15) is 0 Å². The molecule has 2 spiro atoms. The molecule has 7 rings (SSSR count). The number of aliphatic hydroxyl groups is 5. The molecular weight excluding hydrogens is 642 g/mol. The Balaban J connectivity index is 1.20. The smallest absolute Gasteiger partial charge is 0.303 e. The van der Waals surface area contributed by atoms with Crippen molar-refractivity contribution in [2.24, 2.45) is 50.7 Å². The Kier molecular flexibility index (Phi) is 8.84. The molecule has 0 radical (unpaired) electrons. The Morgan fingerprint density at radius 1 is 1.00 bits per heavy atom. The molecule has 0 amide bonds. The van der Waals surface area contributed by atoms with Gasteiger partial charge in [0, 0.05) is 18.9 Å². The number of hydrogen-bond acceptors (Lipinski definition) is 11. The van der Waals surface area contributed by atoms with Gasteiger partial charge < -0.3 is 49.8 Å². The largest absolute Gasteiger partial charge is 0.457 e. The third kappa shape index (κ3) is 4.76. The van der Waals surface area contributed by atoms with Crippen LogP contribution in [0.25, 0.3) is 0 Å². The van der Waals surface area contributed by atoms with E-state index in [0.717, 1.165) is 44.9 Å². The van der Waals surface area contributed by atoms with Crippen molar-refractivity contribution in [2.45, 2.75) is 167 Å². The predicted molar refractivity (Wildman–Crippen MR) is 183 cm³/mol. The van der Waals surface area contributed by atoms with Crippen LogP contribution in [0.3, 0.4) is 0 Å². The molecule has 2 heterocycles. The van der Waals surface area contributed by atoms with Crippen molar-refractivity contribution >= 4 is 5.97 Å². The third-order valence-corrected chi connectivity index (χ3v) is 16.6. The molecule has 0 aromatic carbocycles. The van der Waals surface area contributed by atoms with Crippen LogP contribution >= 0.6 is 0 Å². The minimum Gasteiger partial charge on any atom is -0.457 e. The van der Waals surface area contributed by atoms with E-state index in [1.165, 1.54) is 6.92 Å². The molecule has 5 saturated carbocycles. The van der Waals surface area contributed by atoms with Crippen LogP contribution in [0.5, 0.6) is 0 Å². The van der Waals surface area contributed by atoms with Crippen LogP contribution in [-0.4, -0.2) is 112 Å². The zero-order chi connectivity index (χ0) is 36.6. The van der Waals surface area contributed by atoms with Crippen molar-refractivity contribution in [2.75, 3.05) is 20.2 Å². The SMILES string of the molecule is CNCC1(O)C2O[C@@H]([C@H](OC(C)=O)C(C)(C)O)C[C@@H](C)C2[C@@]2(C)CC[C@@]34C[C@@]35CC[C@H](OC3OC[C@@H](O)[C@H](O)[C@H]3O)C(C)(C)[C@@H]5CC[C@H]4[C@]12C. The first-order valence-electron chi connectivity index (χ1n) is 19.4. The zero-order valence-corrected chi connectivity index (χ0v) is 31.8. The van der Waals surface area contributed by atoms with E-state index in [1.54, 1.807) is 13.8 Å². The lowest BCUT2D eigenvalue weighted by molar-refractivity contribution is -0.303. The number of rotatable bonds is 7. The molecule has 7 aliphatic rings. The minimum absolute atomic E-state index is 0.0751. The van der Waals surface area contributed by atoms with Crippen LogP contribution in [0, 0.1) is 50.7 Å². The third-order valence-electron chi connectivity index (χ3n) is 16.6. The molecule has 6 N–H and O–H groups in total. The molecule has 17 atom stereocenters. The lowest BCUT2D eigenvalue weighted by atomic mass is 9.40. The quantitative estimate of drug-likeness (QED) is 0.170. The number of ether oxygens (including phenoxy) is 4. The minimum atomic E-state index is -1.32. The molecule has 11 nitrogen and oxygen atoms in total. The summed E-state index contributed by atoms with van der Waals surface area (Å²) in [4.78, 5) is 12.2. The number of aliphatic hydroxyl groups excluding tert-OH is 3. The van der Waals surface area contributed by atoms with Gasteiger partial charge in [0.15, 0.2) is 12.4 Å². The molecule has 2 aliphatic heterocycles. The monoisotopic (exact) mass is 707 g/mol. The van der Waals surface area contributed by atoms with Crippen molar-refractivity contribution in [3.63, 3.8) is 0 Å². The second kappa shape index (κ2) is 11.8. The first-order chi connectivity index (χ1) is 23.2. The Hall–Kier alpha value is -0.890. The summed E-state index contributed by atoms with van der Waals surface area (Å²) in [5.41, 5.74) is -3.15. The van der Waals surface area contributed by atoms with Crippen LogP contribution in [0.2, 0.25) is 0 Å². The fourth-order valence-electron chi connectivity index (χ4n) is 14.4. The summed E-state index contributed by atoms with van der Waals surface area (Å²) >= 11 is 0. The van der Waals surface area contributed by atoms with Crippen molar-refractivity contribution in [1.29, 1.82) is 0 Å². The summed E-state index contributed by atoms with van der Waals surface area (Å²) in [5.74, 6) is 0.500. The highest BCUT2D eigenvalue weighted by Crippen LogP contribution is 2.90. The normalized spacial score (nSPS) is 54.3. The van der Waals surface area contributed by atoms with Crippen molar-refractivity contribution in [1.82, 2.24) is 5.32 Å². The van der Waals surface area contributed by atoms with Gasteiger partial charge in [-0.25, -0.2) is 0 Å². The molecule has 0 aromatic heterocycles. The fraction of sp³-hybridized carbons (Fsp3) is 0.974. The van der Waals surface area contributed by atoms with Crippen molar-refractivity contribution in [3.8, 4) is 0 Å². The predicted octanol–water partition coefficient (Wildman–Crippen LogP) is 2.92. The zero-order valence-electron chi connectivity index (χ0n) is 31.8. The van der Waals surface area contributed by atoms with E-state index < -0.39 is 65.5 Å². The Bertz CT molecular complexity index is 1340. The van der Waals surface area contributed by atoms with Crippen LogP contribution in [0.1, 0.15) is 107 Å². The van der Waals surface area contributed by atoms with Gasteiger partial charge in [0.05, 0.1) is 30.5 Å². The number of esters is 1. The number of carbonyl (C=O) groups excluding carboxylic acids is 1. The number of fused-ring (bicyclic) bond motifs is 4. The van der Waals surface area contributed by atoms with Gasteiger partial charge in [0.25, 0.3) is 0 Å². The van der Waals surface area contributed by atoms with E-state index in [1.807, 2.05) is 7.05 Å². The highest BCUT2D eigenvalue weighted by molar-refractivity contribution is 5.66. The van der Waals surface area contributed by atoms with Crippen molar-refractivity contribution in [3.05, 3.63) is 0 Å². The summed E-state index contributed by atoms with van der Waals surface area (Å²) in [6.45, 7) is 16.6. The molecule has 2 saturated heterocycles. The van der Waals surface area contributed by atoms with Crippen LogP contribution in [0.4, 0.5) is 0 Å². The van der Waals surface area contributed by atoms with E-state index >= 15 is 0 Å².